The molecule has 0 bridgehead atoms. The predicted molar refractivity (Wildman–Crippen MR) is 169 cm³/mol. The lowest BCUT2D eigenvalue weighted by Crippen LogP contribution is -2.35. The topological polar surface area (TPSA) is 112 Å². The van der Waals surface area contributed by atoms with Crippen molar-refractivity contribution in [2.75, 3.05) is 41.8 Å². The van der Waals surface area contributed by atoms with Gasteiger partial charge in [0.25, 0.3) is 6.67 Å². The molecule has 5 rings (SSSR count). The third kappa shape index (κ3) is 9.76. The zero-order chi connectivity index (χ0) is 29.7. The highest BCUT2D eigenvalue weighted by atomic mass is 35.5. The predicted octanol–water partition coefficient (Wildman–Crippen LogP) is 6.75. The van der Waals surface area contributed by atoms with Gasteiger partial charge in [-0.3, -0.25) is 9.74 Å². The van der Waals surface area contributed by atoms with E-state index < -0.39 is 0 Å². The van der Waals surface area contributed by atoms with Crippen LogP contribution in [0.25, 0.3) is 4.85 Å². The summed E-state index contributed by atoms with van der Waals surface area (Å²) in [4.78, 5) is 32.6. The summed E-state index contributed by atoms with van der Waals surface area (Å²) in [6.45, 7) is 12.9. The zero-order valence-corrected chi connectivity index (χ0v) is 26.0. The minimum absolute atomic E-state index is 0.000000000000000444. The Morgan fingerprint density at radius 1 is 0.857 bits per heavy atom. The van der Waals surface area contributed by atoms with Gasteiger partial charge in [0.15, 0.2) is 0 Å². The molecule has 3 heterocycles. The van der Waals surface area contributed by atoms with Crippen LogP contribution >= 0.6 is 34.8 Å². The molecule has 2 aromatic heterocycles. The van der Waals surface area contributed by atoms with E-state index in [-0.39, 0.29) is 22.5 Å². The molecule has 3 aromatic rings. The molecule has 42 heavy (non-hydrogen) atoms. The number of hydrogen-bond donors (Lipinski definition) is 2. The third-order valence-electron chi connectivity index (χ3n) is 7.29. The molecule has 1 saturated heterocycles. The highest BCUT2D eigenvalue weighted by molar-refractivity contribution is 6.33. The summed E-state index contributed by atoms with van der Waals surface area (Å²) in [7, 11) is 0. The van der Waals surface area contributed by atoms with Crippen molar-refractivity contribution in [1.29, 1.82) is 0 Å². The fourth-order valence-corrected chi connectivity index (χ4v) is 5.84. The maximum absolute atomic E-state index is 7.48. The minimum atomic E-state index is 0.000000000000000444. The van der Waals surface area contributed by atoms with Gasteiger partial charge >= 0.3 is 0 Å². The summed E-state index contributed by atoms with van der Waals surface area (Å²) in [6, 6.07) is 10.8. The summed E-state index contributed by atoms with van der Waals surface area (Å²) >= 11 is 16.0. The van der Waals surface area contributed by atoms with Gasteiger partial charge in [0.1, 0.15) is 0 Å². The highest BCUT2D eigenvalue weighted by Gasteiger charge is 2.24. The Bertz CT molecular complexity index is 1250. The van der Waals surface area contributed by atoms with Crippen molar-refractivity contribution >= 4 is 58.3 Å². The van der Waals surface area contributed by atoms with Crippen LogP contribution in [0, 0.1) is 6.57 Å². The lowest BCUT2D eigenvalue weighted by molar-refractivity contribution is 0.277. The minimum Gasteiger partial charge on any atom is -0.352 e. The molecule has 0 radical (unpaired) electrons. The van der Waals surface area contributed by atoms with Crippen LogP contribution in [0.5, 0.6) is 0 Å². The fourth-order valence-electron chi connectivity index (χ4n) is 5.23. The van der Waals surface area contributed by atoms with E-state index >= 15 is 0 Å². The van der Waals surface area contributed by atoms with E-state index in [1.54, 1.807) is 0 Å². The van der Waals surface area contributed by atoms with Crippen LogP contribution in [0.2, 0.25) is 15.9 Å². The molecule has 1 atom stereocenters. The number of rotatable bonds is 9. The van der Waals surface area contributed by atoms with E-state index in [0.29, 0.717) is 29.9 Å². The second-order valence-electron chi connectivity index (χ2n) is 10.1. The van der Waals surface area contributed by atoms with Crippen molar-refractivity contribution in [3.05, 3.63) is 57.6 Å². The molecule has 224 valence electrons. The summed E-state index contributed by atoms with van der Waals surface area (Å²) in [5, 5.41) is 7.06. The average Bonchev–Trinajstić information content (AvgIpc) is 3.29. The number of hydrogen-bond acceptors (Lipinski definition) is 10. The van der Waals surface area contributed by atoms with E-state index in [2.05, 4.69) is 42.3 Å². The Balaban J connectivity index is 0.000000385. The molecule has 1 saturated carbocycles. The molecule has 0 amide bonds. The summed E-state index contributed by atoms with van der Waals surface area (Å²) in [6.07, 6.45) is 9.80. The van der Waals surface area contributed by atoms with Gasteiger partial charge in [0.2, 0.25) is 33.7 Å². The third-order valence-corrected chi connectivity index (χ3v) is 7.80. The average molecular weight is 633 g/mol. The summed E-state index contributed by atoms with van der Waals surface area (Å²) in [5.74, 6) is 1.67. The maximum atomic E-state index is 7.48. The molecule has 2 N–H and O–H groups in total. The number of anilines is 4. The van der Waals surface area contributed by atoms with Crippen LogP contribution in [0.1, 0.15) is 58.3 Å². The molecule has 0 spiro atoms. The fraction of sp³-hybridized carbons (Fsp3) is 0.536. The standard InChI is InChI=1S/C25H36N8.C3Cl3N3/c1-3-32-17-11-16-22(32)18-27-23-29-24(28-20-12-7-4-5-8-13-20)31-25(30-23)33(19-26-2)21-14-9-6-10-15-21;4-1-7-2(5)9-3(6)8-1/h6,9-10,14-15,20,22H,3-5,7-8,11-13,16-19H2,1H3,(H2,27,28,29,30,31);/t22-;/m1./s1. The second kappa shape index (κ2) is 16.6. The van der Waals surface area contributed by atoms with Crippen LogP contribution in [0.15, 0.2) is 30.3 Å². The largest absolute Gasteiger partial charge is 0.352 e. The van der Waals surface area contributed by atoms with Gasteiger partial charge in [-0.2, -0.15) is 29.9 Å². The Kier molecular flexibility index (Phi) is 12.6. The second-order valence-corrected chi connectivity index (χ2v) is 11.1. The van der Waals surface area contributed by atoms with E-state index in [0.717, 1.165) is 38.2 Å². The van der Waals surface area contributed by atoms with Gasteiger partial charge in [-0.05, 0) is 85.7 Å². The number of halogens is 3. The van der Waals surface area contributed by atoms with E-state index in [4.69, 9.17) is 56.3 Å². The number of para-hydroxylation sites is 1. The molecule has 1 aliphatic carbocycles. The quantitative estimate of drug-likeness (QED) is 0.194. The molecule has 11 nitrogen and oxygen atoms in total. The number of nitrogens with one attached hydrogen (secondary N) is 2. The molecular formula is C28H36Cl3N11. The monoisotopic (exact) mass is 631 g/mol. The number of benzene rings is 1. The zero-order valence-electron chi connectivity index (χ0n) is 23.7. The SMILES string of the molecule is Clc1nc(Cl)nc(Cl)n1.[C-]#[N+]CN(c1ccccc1)c1nc(NC[C@H]2CCCN2CC)nc(NC2CCCCCC2)n1. The Morgan fingerprint density at radius 2 is 1.50 bits per heavy atom. The van der Waals surface area contributed by atoms with Gasteiger partial charge in [0, 0.05) is 18.6 Å². The normalized spacial score (nSPS) is 17.5. The Morgan fingerprint density at radius 3 is 2.12 bits per heavy atom. The molecule has 0 unspecified atom stereocenters. The van der Waals surface area contributed by atoms with Crippen LogP contribution in [0.3, 0.4) is 0 Å². The van der Waals surface area contributed by atoms with Crippen molar-refractivity contribution < 1.29 is 0 Å². The number of nitrogens with zero attached hydrogens (tertiary/aromatic N) is 9. The van der Waals surface area contributed by atoms with E-state index in [1.807, 2.05) is 35.2 Å². The van der Waals surface area contributed by atoms with Crippen LogP contribution < -0.4 is 15.5 Å². The first-order valence-corrected chi connectivity index (χ1v) is 15.5. The van der Waals surface area contributed by atoms with Gasteiger partial charge in [-0.15, -0.1) is 0 Å². The highest BCUT2D eigenvalue weighted by Crippen LogP contribution is 2.26. The van der Waals surface area contributed by atoms with Crippen molar-refractivity contribution in [3.63, 3.8) is 0 Å². The van der Waals surface area contributed by atoms with Gasteiger partial charge in [0.05, 0.1) is 5.69 Å². The van der Waals surface area contributed by atoms with Gasteiger partial charge in [-0.25, -0.2) is 11.5 Å². The lowest BCUT2D eigenvalue weighted by Gasteiger charge is -2.24. The van der Waals surface area contributed by atoms with Crippen LogP contribution in [0.4, 0.5) is 23.5 Å². The summed E-state index contributed by atoms with van der Waals surface area (Å²) in [5.41, 5.74) is 0.902. The summed E-state index contributed by atoms with van der Waals surface area (Å²) < 4.78 is 0. The van der Waals surface area contributed by atoms with Crippen molar-refractivity contribution in [2.45, 2.75) is 70.4 Å². The van der Waals surface area contributed by atoms with Crippen LogP contribution in [-0.2, 0) is 0 Å². The maximum Gasteiger partial charge on any atom is 0.295 e. The first kappa shape index (κ1) is 31.9. The smallest absolute Gasteiger partial charge is 0.295 e. The number of aromatic nitrogens is 6. The van der Waals surface area contributed by atoms with E-state index in [9.17, 15) is 0 Å². The Hall–Kier alpha value is -3.04. The molecule has 1 aliphatic heterocycles. The Labute approximate surface area is 262 Å². The lowest BCUT2D eigenvalue weighted by atomic mass is 10.1. The number of likely N-dealkylation sites (N-methyl/N-ethyl adjacent to an activating group) is 1. The first-order chi connectivity index (χ1) is 20.4. The first-order valence-electron chi connectivity index (χ1n) is 14.3. The molecule has 2 aliphatic rings. The molecule has 14 heteroatoms. The van der Waals surface area contributed by atoms with Crippen molar-refractivity contribution in [2.24, 2.45) is 0 Å². The van der Waals surface area contributed by atoms with Crippen LogP contribution in [-0.4, -0.2) is 73.2 Å². The van der Waals surface area contributed by atoms with Crippen molar-refractivity contribution in [3.8, 4) is 0 Å². The number of likely N-dealkylation sites (tertiary alicyclic amines) is 1. The molecule has 1 aromatic carbocycles. The van der Waals surface area contributed by atoms with E-state index in [1.165, 1.54) is 38.5 Å². The molecule has 2 fully saturated rings. The van der Waals surface area contributed by atoms with Crippen molar-refractivity contribution in [1.82, 2.24) is 34.8 Å². The van der Waals surface area contributed by atoms with Gasteiger partial charge < -0.3 is 10.6 Å². The molecular weight excluding hydrogens is 597 g/mol. The van der Waals surface area contributed by atoms with Gasteiger partial charge in [-0.1, -0.05) is 50.8 Å².